The molecule has 0 bridgehead atoms. The van der Waals surface area contributed by atoms with Crippen LogP contribution in [0.5, 0.6) is 0 Å². The van der Waals surface area contributed by atoms with E-state index in [-0.39, 0.29) is 24.1 Å². The summed E-state index contributed by atoms with van der Waals surface area (Å²) in [7, 11) is 0. The smallest absolute Gasteiger partial charge is 0.341 e. The normalized spacial score (nSPS) is 13.2. The molecule has 1 aliphatic rings. The Morgan fingerprint density at radius 1 is 1.02 bits per heavy atom. The lowest BCUT2D eigenvalue weighted by Crippen LogP contribution is -2.34. The second kappa shape index (κ2) is 16.3. The Morgan fingerprint density at radius 2 is 1.82 bits per heavy atom. The van der Waals surface area contributed by atoms with Crippen LogP contribution in [0.15, 0.2) is 88.0 Å². The summed E-state index contributed by atoms with van der Waals surface area (Å²) in [6, 6.07) is 18.9. The molecule has 1 aliphatic heterocycles. The second-order valence-electron chi connectivity index (χ2n) is 11.0. The highest BCUT2D eigenvalue weighted by Crippen LogP contribution is 2.38. The van der Waals surface area contributed by atoms with Crippen molar-refractivity contribution < 1.29 is 33.1 Å². The molecule has 13 heteroatoms. The van der Waals surface area contributed by atoms with E-state index in [0.717, 1.165) is 15.3 Å². The van der Waals surface area contributed by atoms with Gasteiger partial charge in [-0.1, -0.05) is 31.2 Å². The maximum Gasteiger partial charge on any atom is 0.341 e. The summed E-state index contributed by atoms with van der Waals surface area (Å²) < 4.78 is 10.7. The third kappa shape index (κ3) is 8.86. The molecule has 3 heterocycles. The first kappa shape index (κ1) is 35.2. The molecule has 11 nitrogen and oxygen atoms in total. The Balaban J connectivity index is 1.30. The molecule has 1 unspecified atom stereocenters. The third-order valence-corrected chi connectivity index (χ3v) is 10.1. The summed E-state index contributed by atoms with van der Waals surface area (Å²) in [4.78, 5) is 68.2. The fourth-order valence-corrected chi connectivity index (χ4v) is 7.43. The number of benzene rings is 2. The summed E-state index contributed by atoms with van der Waals surface area (Å²) in [6.07, 6.45) is 3.88. The number of hydrogen-bond acceptors (Lipinski definition) is 9. The Labute approximate surface area is 292 Å². The SMILES string of the molecule is CCOC(=O)c1c(NC(=O)C(CC)Sc2cccc(NC(=O)/C(=C/c3ccco3)NC(=O)c3ccccc3)c2)sc2c1CCN(C(C)=O)C2. The van der Waals surface area contributed by atoms with Crippen molar-refractivity contribution in [3.05, 3.63) is 106 Å². The zero-order valence-electron chi connectivity index (χ0n) is 27.2. The van der Waals surface area contributed by atoms with E-state index in [9.17, 15) is 24.0 Å². The van der Waals surface area contributed by atoms with Gasteiger partial charge in [-0.3, -0.25) is 19.2 Å². The maximum absolute atomic E-state index is 13.6. The number of furan rings is 1. The average Bonchev–Trinajstić information content (AvgIpc) is 3.74. The summed E-state index contributed by atoms with van der Waals surface area (Å²) in [5.74, 6) is -1.48. The molecule has 4 amide bonds. The van der Waals surface area contributed by atoms with Gasteiger partial charge in [0.05, 0.1) is 30.2 Å². The molecular formula is C36H36N4O7S2. The van der Waals surface area contributed by atoms with Crippen molar-refractivity contribution in [2.75, 3.05) is 23.8 Å². The Bertz CT molecular complexity index is 1870. The number of carbonyl (C=O) groups is 5. The lowest BCUT2D eigenvalue weighted by Gasteiger charge is -2.25. The molecule has 254 valence electrons. The molecule has 3 N–H and O–H groups in total. The van der Waals surface area contributed by atoms with Crippen LogP contribution in [0.1, 0.15) is 64.1 Å². The van der Waals surface area contributed by atoms with E-state index < -0.39 is 23.0 Å². The number of ether oxygens (including phenoxy) is 1. The Kier molecular flexibility index (Phi) is 11.7. The van der Waals surface area contributed by atoms with E-state index in [1.807, 2.05) is 13.0 Å². The average molecular weight is 701 g/mol. The van der Waals surface area contributed by atoms with Crippen molar-refractivity contribution in [2.45, 2.75) is 50.3 Å². The van der Waals surface area contributed by atoms with Crippen molar-refractivity contribution in [3.8, 4) is 0 Å². The molecule has 4 aromatic rings. The number of rotatable bonds is 12. The molecule has 0 aliphatic carbocycles. The van der Waals surface area contributed by atoms with Crippen LogP contribution in [-0.4, -0.2) is 52.9 Å². The summed E-state index contributed by atoms with van der Waals surface area (Å²) in [5, 5.41) is 8.34. The molecule has 0 spiro atoms. The van der Waals surface area contributed by atoms with Gasteiger partial charge in [0.15, 0.2) is 0 Å². The van der Waals surface area contributed by atoms with Gasteiger partial charge in [-0.25, -0.2) is 4.79 Å². The summed E-state index contributed by atoms with van der Waals surface area (Å²) in [5.41, 5.74) is 1.98. The van der Waals surface area contributed by atoms with Crippen LogP contribution in [0.25, 0.3) is 6.08 Å². The number of nitrogens with one attached hydrogen (secondary N) is 3. The number of carbonyl (C=O) groups excluding carboxylic acids is 5. The van der Waals surface area contributed by atoms with Crippen LogP contribution in [0.3, 0.4) is 0 Å². The molecule has 5 rings (SSSR count). The molecule has 0 saturated carbocycles. The molecular weight excluding hydrogens is 665 g/mol. The lowest BCUT2D eigenvalue weighted by atomic mass is 10.0. The number of anilines is 2. The second-order valence-corrected chi connectivity index (χ2v) is 13.4. The maximum atomic E-state index is 13.6. The Hall–Kier alpha value is -5.14. The zero-order chi connectivity index (χ0) is 34.9. The monoisotopic (exact) mass is 700 g/mol. The van der Waals surface area contributed by atoms with Gasteiger partial charge in [0.2, 0.25) is 11.8 Å². The number of thiophene rings is 1. The van der Waals surface area contributed by atoms with Gasteiger partial charge in [-0.2, -0.15) is 0 Å². The van der Waals surface area contributed by atoms with Crippen molar-refractivity contribution in [1.82, 2.24) is 10.2 Å². The number of fused-ring (bicyclic) bond motifs is 1. The lowest BCUT2D eigenvalue weighted by molar-refractivity contribution is -0.129. The molecule has 49 heavy (non-hydrogen) atoms. The van der Waals surface area contributed by atoms with E-state index in [0.29, 0.717) is 53.5 Å². The summed E-state index contributed by atoms with van der Waals surface area (Å²) in [6.45, 7) is 6.17. The van der Waals surface area contributed by atoms with Crippen LogP contribution in [0, 0.1) is 0 Å². The molecule has 0 saturated heterocycles. The predicted molar refractivity (Wildman–Crippen MR) is 189 cm³/mol. The number of esters is 1. The molecule has 1 atom stereocenters. The first-order chi connectivity index (χ1) is 23.7. The minimum atomic E-state index is -0.566. The van der Waals surface area contributed by atoms with Gasteiger partial charge in [-0.15, -0.1) is 23.1 Å². The Morgan fingerprint density at radius 3 is 2.51 bits per heavy atom. The van der Waals surface area contributed by atoms with Crippen molar-refractivity contribution in [3.63, 3.8) is 0 Å². The van der Waals surface area contributed by atoms with Crippen LogP contribution in [-0.2, 0) is 32.1 Å². The zero-order valence-corrected chi connectivity index (χ0v) is 28.9. The van der Waals surface area contributed by atoms with Gasteiger partial charge in [-0.05, 0) is 67.8 Å². The summed E-state index contributed by atoms with van der Waals surface area (Å²) >= 11 is 2.60. The minimum Gasteiger partial charge on any atom is -0.465 e. The highest BCUT2D eigenvalue weighted by atomic mass is 32.2. The number of hydrogen-bond donors (Lipinski definition) is 3. The highest BCUT2D eigenvalue weighted by Gasteiger charge is 2.31. The minimum absolute atomic E-state index is 0.0184. The van der Waals surface area contributed by atoms with E-state index in [4.69, 9.17) is 9.15 Å². The standard InChI is InChI=1S/C36H36N4O7S2/c1-4-29(34(44)39-35-31(36(45)46-5-2)27-16-17-40(22(3)41)21-30(27)49-35)48-26-15-9-13-24(19-26)37-33(43)28(20-25-14-10-18-47-25)38-32(42)23-11-7-6-8-12-23/h6-15,18-20,29H,4-5,16-17,21H2,1-3H3,(H,37,43)(H,38,42)(H,39,44)/b28-20-. The number of thioether (sulfide) groups is 1. The van der Waals surface area contributed by atoms with Crippen LogP contribution in [0.2, 0.25) is 0 Å². The first-order valence-corrected chi connectivity index (χ1v) is 17.4. The molecule has 0 fully saturated rings. The van der Waals surface area contributed by atoms with Crippen molar-refractivity contribution in [2.24, 2.45) is 0 Å². The topological polar surface area (TPSA) is 147 Å². The largest absolute Gasteiger partial charge is 0.465 e. The van der Waals surface area contributed by atoms with E-state index in [2.05, 4.69) is 16.0 Å². The highest BCUT2D eigenvalue weighted by molar-refractivity contribution is 8.00. The van der Waals surface area contributed by atoms with Gasteiger partial charge >= 0.3 is 5.97 Å². The quantitative estimate of drug-likeness (QED) is 0.0882. The molecule has 0 radical (unpaired) electrons. The predicted octanol–water partition coefficient (Wildman–Crippen LogP) is 6.34. The fourth-order valence-electron chi connectivity index (χ4n) is 5.16. The van der Waals surface area contributed by atoms with Crippen molar-refractivity contribution in [1.29, 1.82) is 0 Å². The van der Waals surface area contributed by atoms with E-state index in [1.54, 1.807) is 72.5 Å². The van der Waals surface area contributed by atoms with Crippen LogP contribution < -0.4 is 16.0 Å². The fraction of sp³-hybridized carbons (Fsp3) is 0.250. The van der Waals surface area contributed by atoms with Crippen LogP contribution >= 0.6 is 23.1 Å². The van der Waals surface area contributed by atoms with E-state index >= 15 is 0 Å². The third-order valence-electron chi connectivity index (χ3n) is 7.61. The van der Waals surface area contributed by atoms with Crippen molar-refractivity contribution >= 4 is 69.5 Å². The van der Waals surface area contributed by atoms with Crippen LogP contribution in [0.4, 0.5) is 10.7 Å². The van der Waals surface area contributed by atoms with Gasteiger partial charge < -0.3 is 30.0 Å². The molecule has 2 aromatic carbocycles. The van der Waals surface area contributed by atoms with Gasteiger partial charge in [0.25, 0.3) is 11.8 Å². The van der Waals surface area contributed by atoms with Gasteiger partial charge in [0, 0.05) is 40.6 Å². The van der Waals surface area contributed by atoms with Gasteiger partial charge in [0.1, 0.15) is 16.5 Å². The number of amides is 4. The first-order valence-electron chi connectivity index (χ1n) is 15.7. The van der Waals surface area contributed by atoms with E-state index in [1.165, 1.54) is 42.4 Å². The number of nitrogens with zero attached hydrogens (tertiary/aromatic N) is 1. The molecule has 2 aromatic heterocycles.